The van der Waals surface area contributed by atoms with Crippen LogP contribution in [0.3, 0.4) is 0 Å². The van der Waals surface area contributed by atoms with Gasteiger partial charge in [0.1, 0.15) is 0 Å². The van der Waals surface area contributed by atoms with Gasteiger partial charge in [-0.2, -0.15) is 0 Å². The van der Waals surface area contributed by atoms with E-state index in [4.69, 9.17) is 0 Å². The van der Waals surface area contributed by atoms with E-state index in [1.807, 2.05) is 6.07 Å². The smallest absolute Gasteiger partial charge is 0.241 e. The van der Waals surface area contributed by atoms with Gasteiger partial charge >= 0.3 is 0 Å². The standard InChI is InChI=1S/C38H27BN2.C20H14N2.C18H14BBr/c1-4-12-29(13-5-1)39(30-14-6-2-7-15-30)31-21-23-33(24-22-31)41-36-19-11-10-18-34(36)35-25-20-28-26-27-40(37(28)38(35)41)32-16-8-3-9-17-32;1-2-6-15(7-3-1)22-13-12-14-10-11-17-16-8-4-5-9-18(16)21-19(17)20(14)22;20-18-13-11-17(12-14-18)19(15-7-3-1-4-8-15)16-9-5-2-6-10-16/h1-27H;1-13,21H;1-14H. The highest BCUT2D eigenvalue weighted by Gasteiger charge is 2.24. The Labute approximate surface area is 492 Å². The minimum atomic E-state index is 0.173. The molecule has 4 aromatic heterocycles. The van der Waals surface area contributed by atoms with Crippen LogP contribution in [0.5, 0.6) is 0 Å². The first-order valence-corrected chi connectivity index (χ1v) is 29.1. The number of nitrogens with zero attached hydrogens (tertiary/aromatic N) is 3. The van der Waals surface area contributed by atoms with Crippen LogP contribution in [0.4, 0.5) is 0 Å². The van der Waals surface area contributed by atoms with Gasteiger partial charge in [0.25, 0.3) is 0 Å². The molecule has 0 spiro atoms. The van der Waals surface area contributed by atoms with Crippen LogP contribution in [0, 0.1) is 0 Å². The van der Waals surface area contributed by atoms with Gasteiger partial charge in [-0.1, -0.05) is 291 Å². The molecule has 0 aliphatic rings. The summed E-state index contributed by atoms with van der Waals surface area (Å²) in [4.78, 5) is 3.60. The molecule has 0 aliphatic heterocycles. The number of hydrogen-bond donors (Lipinski definition) is 1. The van der Waals surface area contributed by atoms with Gasteiger partial charge < -0.3 is 18.7 Å². The molecule has 0 fully saturated rings. The van der Waals surface area contributed by atoms with Gasteiger partial charge in [0, 0.05) is 71.8 Å². The number of aromatic amines is 1. The molecule has 16 rings (SSSR count). The second kappa shape index (κ2) is 22.8. The van der Waals surface area contributed by atoms with E-state index in [0.717, 1.165) is 15.8 Å². The lowest BCUT2D eigenvalue weighted by molar-refractivity contribution is 1.12. The SMILES string of the molecule is Brc1ccc(B(c2ccccc2)c2ccccc2)cc1.c1ccc(-n2ccc3ccc4c5ccccc5[nH]c4c32)cc1.c1ccc(B(c2ccccc2)c2ccc(-n3c4ccccc4c4ccc5ccn(-c6ccccc6)c5c43)cc2)cc1. The third kappa shape index (κ3) is 9.96. The van der Waals surface area contributed by atoms with Crippen molar-refractivity contribution in [1.29, 1.82) is 0 Å². The van der Waals surface area contributed by atoms with E-state index in [1.165, 1.54) is 104 Å². The first-order chi connectivity index (χ1) is 41.1. The fourth-order valence-corrected chi connectivity index (χ4v) is 12.6. The molecule has 0 unspecified atom stereocenters. The Morgan fingerprint density at radius 3 is 1.19 bits per heavy atom. The molecule has 4 heterocycles. The summed E-state index contributed by atoms with van der Waals surface area (Å²) in [7, 11) is 0. The minimum Gasteiger partial charge on any atom is -0.353 e. The lowest BCUT2D eigenvalue weighted by Gasteiger charge is -2.17. The molecule has 7 heteroatoms. The number of para-hydroxylation sites is 4. The van der Waals surface area contributed by atoms with Crippen molar-refractivity contribution in [3.8, 4) is 17.1 Å². The first kappa shape index (κ1) is 51.1. The van der Waals surface area contributed by atoms with Crippen LogP contribution in [0.1, 0.15) is 0 Å². The van der Waals surface area contributed by atoms with Crippen molar-refractivity contribution < 1.29 is 0 Å². The summed E-state index contributed by atoms with van der Waals surface area (Å²) in [6.45, 7) is 0.456. The molecule has 0 aliphatic carbocycles. The van der Waals surface area contributed by atoms with Gasteiger partial charge in [0.15, 0.2) is 0 Å². The molecular formula is C76H55B2BrN4. The average molecular weight is 1130 g/mol. The van der Waals surface area contributed by atoms with E-state index in [1.54, 1.807) is 0 Å². The Morgan fingerprint density at radius 2 is 0.675 bits per heavy atom. The quantitative estimate of drug-likeness (QED) is 0.140. The highest BCUT2D eigenvalue weighted by Crippen LogP contribution is 2.38. The van der Waals surface area contributed by atoms with Gasteiger partial charge in [-0.3, -0.25) is 0 Å². The lowest BCUT2D eigenvalue weighted by Crippen LogP contribution is -2.51. The lowest BCUT2D eigenvalue weighted by atomic mass is 9.37. The predicted molar refractivity (Wildman–Crippen MR) is 359 cm³/mol. The summed E-state index contributed by atoms with van der Waals surface area (Å²) in [6, 6.07) is 112. The fraction of sp³-hybridized carbons (Fsp3) is 0. The molecule has 392 valence electrons. The maximum Gasteiger partial charge on any atom is 0.241 e. The molecule has 0 amide bonds. The van der Waals surface area contributed by atoms with E-state index >= 15 is 0 Å². The number of H-pyrrole nitrogens is 1. The summed E-state index contributed by atoms with van der Waals surface area (Å²) < 4.78 is 8.13. The van der Waals surface area contributed by atoms with Crippen LogP contribution < -0.4 is 32.8 Å². The number of fused-ring (bicyclic) bond motifs is 10. The molecule has 12 aromatic carbocycles. The van der Waals surface area contributed by atoms with Crippen LogP contribution in [0.15, 0.2) is 332 Å². The van der Waals surface area contributed by atoms with Crippen LogP contribution in [0.2, 0.25) is 0 Å². The van der Waals surface area contributed by atoms with Crippen LogP contribution in [-0.2, 0) is 0 Å². The van der Waals surface area contributed by atoms with Gasteiger partial charge in [-0.15, -0.1) is 0 Å². The molecule has 83 heavy (non-hydrogen) atoms. The second-order valence-electron chi connectivity index (χ2n) is 21.0. The Kier molecular flexibility index (Phi) is 14.0. The maximum absolute atomic E-state index is 3.60. The van der Waals surface area contributed by atoms with Crippen LogP contribution in [0.25, 0.3) is 82.5 Å². The van der Waals surface area contributed by atoms with Crippen molar-refractivity contribution in [2.75, 3.05) is 0 Å². The van der Waals surface area contributed by atoms with Crippen molar-refractivity contribution in [3.63, 3.8) is 0 Å². The molecule has 0 saturated heterocycles. The van der Waals surface area contributed by atoms with Crippen molar-refractivity contribution >= 4 is 128 Å². The van der Waals surface area contributed by atoms with Crippen LogP contribution in [-0.4, -0.2) is 32.1 Å². The zero-order valence-corrected chi connectivity index (χ0v) is 47.1. The van der Waals surface area contributed by atoms with Crippen molar-refractivity contribution in [1.82, 2.24) is 18.7 Å². The zero-order valence-electron chi connectivity index (χ0n) is 45.6. The topological polar surface area (TPSA) is 30.6 Å². The van der Waals surface area contributed by atoms with Crippen molar-refractivity contribution in [2.45, 2.75) is 0 Å². The molecule has 4 nitrogen and oxygen atoms in total. The van der Waals surface area contributed by atoms with E-state index in [-0.39, 0.29) is 13.4 Å². The summed E-state index contributed by atoms with van der Waals surface area (Å²) in [6.07, 6.45) is 4.33. The normalized spacial score (nSPS) is 11.2. The molecule has 0 saturated carbocycles. The Bertz CT molecular complexity index is 4750. The molecule has 16 aromatic rings. The predicted octanol–water partition coefficient (Wildman–Crippen LogP) is 15.5. The number of benzene rings is 12. The molecular weight excluding hydrogens is 1070 g/mol. The summed E-state index contributed by atoms with van der Waals surface area (Å²) in [5.74, 6) is 0. The van der Waals surface area contributed by atoms with E-state index < -0.39 is 0 Å². The third-order valence-corrected chi connectivity index (χ3v) is 16.6. The Morgan fingerprint density at radius 1 is 0.277 bits per heavy atom. The van der Waals surface area contributed by atoms with E-state index in [9.17, 15) is 0 Å². The van der Waals surface area contributed by atoms with Gasteiger partial charge in [-0.05, 0) is 72.8 Å². The Hall–Kier alpha value is -10.1. The number of rotatable bonds is 9. The number of hydrogen-bond acceptors (Lipinski definition) is 0. The molecule has 0 atom stereocenters. The van der Waals surface area contributed by atoms with Crippen molar-refractivity contribution in [3.05, 3.63) is 332 Å². The van der Waals surface area contributed by atoms with Gasteiger partial charge in [0.05, 0.1) is 27.6 Å². The monoisotopic (exact) mass is 1120 g/mol. The third-order valence-electron chi connectivity index (χ3n) is 16.1. The average Bonchev–Trinajstić information content (AvgIpc) is 2.78. The highest BCUT2D eigenvalue weighted by atomic mass is 79.9. The molecule has 1 N–H and O–H groups in total. The number of halogens is 1. The number of aromatic nitrogens is 4. The highest BCUT2D eigenvalue weighted by molar-refractivity contribution is 9.10. The maximum atomic E-state index is 3.60. The molecule has 0 bridgehead atoms. The van der Waals surface area contributed by atoms with Gasteiger partial charge in [0.2, 0.25) is 13.4 Å². The van der Waals surface area contributed by atoms with Crippen molar-refractivity contribution in [2.24, 2.45) is 0 Å². The summed E-state index contributed by atoms with van der Waals surface area (Å²) in [5, 5.41) is 7.57. The fourth-order valence-electron chi connectivity index (χ4n) is 12.3. The largest absolute Gasteiger partial charge is 0.353 e. The summed E-state index contributed by atoms with van der Waals surface area (Å²) in [5.41, 5.74) is 18.6. The summed E-state index contributed by atoms with van der Waals surface area (Å²) >= 11 is 3.51. The van der Waals surface area contributed by atoms with Gasteiger partial charge in [-0.25, -0.2) is 0 Å². The van der Waals surface area contributed by atoms with Crippen LogP contribution >= 0.6 is 15.9 Å². The Balaban J connectivity index is 0.000000123. The first-order valence-electron chi connectivity index (χ1n) is 28.3. The van der Waals surface area contributed by atoms with E-state index in [2.05, 4.69) is 356 Å². The molecule has 0 radical (unpaired) electrons. The minimum absolute atomic E-state index is 0.173. The van der Waals surface area contributed by atoms with E-state index in [0.29, 0.717) is 0 Å². The second-order valence-corrected chi connectivity index (χ2v) is 22.0. The number of nitrogens with one attached hydrogen (secondary N) is 1. The zero-order chi connectivity index (χ0) is 55.5.